The van der Waals surface area contributed by atoms with E-state index >= 15 is 0 Å². The molecule has 6 nitrogen and oxygen atoms in total. The molecule has 3 aromatic heterocycles. The van der Waals surface area contributed by atoms with Gasteiger partial charge in [0.2, 0.25) is 5.76 Å². The summed E-state index contributed by atoms with van der Waals surface area (Å²) in [7, 11) is 0. The van der Waals surface area contributed by atoms with Gasteiger partial charge in [0.1, 0.15) is 23.8 Å². The number of ether oxygens (including phenoxy) is 1. The van der Waals surface area contributed by atoms with Crippen molar-refractivity contribution in [2.75, 3.05) is 5.32 Å². The quantitative estimate of drug-likeness (QED) is 0.274. The third-order valence-corrected chi connectivity index (χ3v) is 8.08. The summed E-state index contributed by atoms with van der Waals surface area (Å²) < 4.78 is 13.0. The summed E-state index contributed by atoms with van der Waals surface area (Å²) in [6, 6.07) is 13.6. The minimum atomic E-state index is -0.603. The molecule has 1 atom stereocenters. The van der Waals surface area contributed by atoms with Crippen LogP contribution in [0.3, 0.4) is 0 Å². The van der Waals surface area contributed by atoms with Crippen LogP contribution in [0.4, 0.5) is 10.5 Å². The standard InChI is InChI=1S/C25H20N2O4S2/c1-15-23(26-24(29)30-16(2)17-6-4-3-5-7-17)19(31-27-15)9-8-18-12-20-21(32-18)13-22(33-20)25(14-28)10-11-25/h3-7,12-14,16H,10-11H2,1-2H3,(H,26,29)/t16-/m1/s1. The molecule has 0 bridgehead atoms. The predicted molar refractivity (Wildman–Crippen MR) is 129 cm³/mol. The van der Waals surface area contributed by atoms with Crippen LogP contribution in [0.15, 0.2) is 47.0 Å². The first-order valence-corrected chi connectivity index (χ1v) is 12.1. The van der Waals surface area contributed by atoms with Crippen LogP contribution in [-0.2, 0) is 14.9 Å². The number of hydrogen-bond donors (Lipinski definition) is 1. The number of nitrogens with zero attached hydrogens (tertiary/aromatic N) is 1. The van der Waals surface area contributed by atoms with Gasteiger partial charge in [0.15, 0.2) is 0 Å². The average molecular weight is 477 g/mol. The minimum Gasteiger partial charge on any atom is -0.441 e. The molecule has 1 amide bonds. The monoisotopic (exact) mass is 476 g/mol. The van der Waals surface area contributed by atoms with Crippen molar-refractivity contribution in [1.82, 2.24) is 5.16 Å². The highest BCUT2D eigenvalue weighted by Crippen LogP contribution is 2.51. The van der Waals surface area contributed by atoms with Crippen molar-refractivity contribution in [2.45, 2.75) is 38.2 Å². The minimum absolute atomic E-state index is 0.250. The number of rotatable bonds is 5. The number of aldehydes is 1. The van der Waals surface area contributed by atoms with Gasteiger partial charge in [0, 0.05) is 14.3 Å². The maximum absolute atomic E-state index is 12.4. The first-order valence-electron chi connectivity index (χ1n) is 10.5. The van der Waals surface area contributed by atoms with Gasteiger partial charge in [-0.05, 0) is 56.2 Å². The molecule has 8 heteroatoms. The van der Waals surface area contributed by atoms with E-state index in [9.17, 15) is 9.59 Å². The zero-order chi connectivity index (χ0) is 23.0. The van der Waals surface area contributed by atoms with Gasteiger partial charge < -0.3 is 14.1 Å². The van der Waals surface area contributed by atoms with Crippen LogP contribution in [0.1, 0.15) is 52.6 Å². The highest BCUT2D eigenvalue weighted by atomic mass is 32.1. The lowest BCUT2D eigenvalue weighted by molar-refractivity contribution is -0.109. The van der Waals surface area contributed by atoms with Crippen molar-refractivity contribution in [3.8, 4) is 11.8 Å². The number of nitrogens with one attached hydrogen (secondary N) is 1. The van der Waals surface area contributed by atoms with Gasteiger partial charge in [0.25, 0.3) is 0 Å². The van der Waals surface area contributed by atoms with Gasteiger partial charge in [-0.15, -0.1) is 22.7 Å². The Labute approximate surface area is 198 Å². The van der Waals surface area contributed by atoms with Gasteiger partial charge in [-0.2, -0.15) is 0 Å². The Morgan fingerprint density at radius 3 is 2.67 bits per heavy atom. The normalized spacial score (nSPS) is 14.8. The first-order chi connectivity index (χ1) is 16.0. The van der Waals surface area contributed by atoms with Crippen LogP contribution in [-0.4, -0.2) is 17.5 Å². The summed E-state index contributed by atoms with van der Waals surface area (Å²) >= 11 is 3.23. The lowest BCUT2D eigenvalue weighted by Crippen LogP contribution is -2.16. The van der Waals surface area contributed by atoms with Gasteiger partial charge in [-0.25, -0.2) is 4.79 Å². The third kappa shape index (κ3) is 4.30. The third-order valence-electron chi connectivity index (χ3n) is 5.65. The van der Waals surface area contributed by atoms with E-state index in [2.05, 4.69) is 28.4 Å². The molecule has 0 spiro atoms. The number of carbonyl (C=O) groups excluding carboxylic acids is 2. The second-order valence-corrected chi connectivity index (χ2v) is 10.2. The molecule has 1 fully saturated rings. The molecule has 1 aliphatic carbocycles. The first kappa shape index (κ1) is 21.4. The molecule has 0 saturated heterocycles. The lowest BCUT2D eigenvalue weighted by atomic mass is 10.1. The number of aromatic nitrogens is 1. The Morgan fingerprint density at radius 2 is 1.97 bits per heavy atom. The molecule has 1 N–H and O–H groups in total. The summed E-state index contributed by atoms with van der Waals surface area (Å²) in [6.07, 6.45) is 1.94. The number of aryl methyl sites for hydroxylation is 1. The number of amides is 1. The maximum Gasteiger partial charge on any atom is 0.412 e. The molecule has 1 aliphatic rings. The summed E-state index contributed by atoms with van der Waals surface area (Å²) in [6.45, 7) is 3.54. The Kier molecular flexibility index (Phi) is 5.52. The molecule has 33 heavy (non-hydrogen) atoms. The summed E-state index contributed by atoms with van der Waals surface area (Å²) in [5.41, 5.74) is 1.56. The molecule has 166 valence electrons. The Hall–Kier alpha value is -3.41. The number of benzene rings is 1. The summed E-state index contributed by atoms with van der Waals surface area (Å²) in [5, 5.41) is 6.64. The second-order valence-electron chi connectivity index (χ2n) is 8.03. The van der Waals surface area contributed by atoms with Crippen LogP contribution in [0, 0.1) is 18.8 Å². The number of hydrogen-bond acceptors (Lipinski definition) is 7. The van der Waals surface area contributed by atoms with Crippen molar-refractivity contribution >= 4 is 50.1 Å². The predicted octanol–water partition coefficient (Wildman–Crippen LogP) is 6.20. The number of anilines is 1. The molecular weight excluding hydrogens is 456 g/mol. The largest absolute Gasteiger partial charge is 0.441 e. The Bertz CT molecular complexity index is 1370. The molecular formula is C25H20N2O4S2. The van der Waals surface area contributed by atoms with E-state index < -0.39 is 12.2 Å². The zero-order valence-corrected chi connectivity index (χ0v) is 19.6. The molecule has 1 saturated carbocycles. The van der Waals surface area contributed by atoms with Crippen molar-refractivity contribution in [3.05, 3.63) is 69.2 Å². The van der Waals surface area contributed by atoms with E-state index in [0.29, 0.717) is 11.4 Å². The van der Waals surface area contributed by atoms with Crippen LogP contribution in [0.2, 0.25) is 0 Å². The van der Waals surface area contributed by atoms with Gasteiger partial charge in [-0.3, -0.25) is 5.32 Å². The fourth-order valence-electron chi connectivity index (χ4n) is 3.50. The number of thiophene rings is 2. The van der Waals surface area contributed by atoms with E-state index in [1.165, 1.54) is 0 Å². The average Bonchev–Trinajstić information content (AvgIpc) is 3.20. The molecule has 4 aromatic rings. The molecule has 0 radical (unpaired) electrons. The molecule has 1 aromatic carbocycles. The topological polar surface area (TPSA) is 81.4 Å². The smallest absolute Gasteiger partial charge is 0.412 e. The fraction of sp³-hybridized carbons (Fsp3) is 0.240. The van der Waals surface area contributed by atoms with E-state index in [0.717, 1.165) is 43.8 Å². The second kappa shape index (κ2) is 8.50. The van der Waals surface area contributed by atoms with Crippen molar-refractivity contribution in [1.29, 1.82) is 0 Å². The molecule has 0 unspecified atom stereocenters. The highest BCUT2D eigenvalue weighted by molar-refractivity contribution is 7.28. The van der Waals surface area contributed by atoms with E-state index in [1.54, 1.807) is 29.6 Å². The van der Waals surface area contributed by atoms with Crippen LogP contribution < -0.4 is 5.32 Å². The Morgan fingerprint density at radius 1 is 1.21 bits per heavy atom. The molecule has 0 aliphatic heterocycles. The van der Waals surface area contributed by atoms with Crippen LogP contribution in [0.5, 0.6) is 0 Å². The van der Waals surface area contributed by atoms with E-state index in [1.807, 2.05) is 43.3 Å². The van der Waals surface area contributed by atoms with Gasteiger partial charge >= 0.3 is 6.09 Å². The zero-order valence-electron chi connectivity index (χ0n) is 18.0. The maximum atomic E-state index is 12.4. The van der Waals surface area contributed by atoms with Crippen molar-refractivity contribution < 1.29 is 18.8 Å². The Balaban J connectivity index is 1.30. The van der Waals surface area contributed by atoms with Crippen molar-refractivity contribution in [3.63, 3.8) is 0 Å². The van der Waals surface area contributed by atoms with Crippen LogP contribution >= 0.6 is 22.7 Å². The molecule has 3 heterocycles. The van der Waals surface area contributed by atoms with Gasteiger partial charge in [-0.1, -0.05) is 35.5 Å². The number of carbonyl (C=O) groups is 2. The lowest BCUT2D eigenvalue weighted by Gasteiger charge is -2.13. The fourth-order valence-corrected chi connectivity index (χ4v) is 5.96. The van der Waals surface area contributed by atoms with Crippen LogP contribution in [0.25, 0.3) is 9.40 Å². The van der Waals surface area contributed by atoms with Gasteiger partial charge in [0.05, 0.1) is 10.3 Å². The molecule has 5 rings (SSSR count). The summed E-state index contributed by atoms with van der Waals surface area (Å²) in [5.74, 6) is 6.34. The SMILES string of the molecule is Cc1noc(C#Cc2cc3sc(C4(C=O)CC4)cc3s2)c1NC(=O)O[C@H](C)c1ccccc1. The van der Waals surface area contributed by atoms with E-state index in [-0.39, 0.29) is 11.2 Å². The highest BCUT2D eigenvalue weighted by Gasteiger charge is 2.45. The van der Waals surface area contributed by atoms with Crippen molar-refractivity contribution in [2.24, 2.45) is 0 Å². The summed E-state index contributed by atoms with van der Waals surface area (Å²) in [4.78, 5) is 25.8. The van der Waals surface area contributed by atoms with E-state index in [4.69, 9.17) is 9.26 Å². The number of fused-ring (bicyclic) bond motifs is 1.